The number of aromatic carboxylic acids is 1. The van der Waals surface area contributed by atoms with Crippen LogP contribution in [0.4, 0.5) is 5.69 Å². The zero-order valence-corrected chi connectivity index (χ0v) is 11.3. The summed E-state index contributed by atoms with van der Waals surface area (Å²) < 4.78 is 26.7. The van der Waals surface area contributed by atoms with Crippen molar-refractivity contribution in [2.24, 2.45) is 0 Å². The first kappa shape index (κ1) is 14.5. The Morgan fingerprint density at radius 2 is 1.95 bits per heavy atom. The Bertz CT molecular complexity index is 840. The van der Waals surface area contributed by atoms with Gasteiger partial charge in [0.2, 0.25) is 0 Å². The third-order valence-corrected chi connectivity index (χ3v) is 3.97. The molecule has 0 fully saturated rings. The highest BCUT2D eigenvalue weighted by molar-refractivity contribution is 7.92. The van der Waals surface area contributed by atoms with Crippen LogP contribution in [0.15, 0.2) is 47.5 Å². The van der Waals surface area contributed by atoms with Crippen LogP contribution >= 0.6 is 0 Å². The molecule has 0 radical (unpaired) electrons. The Labute approximate surface area is 120 Å². The Morgan fingerprint density at radius 3 is 2.62 bits per heavy atom. The number of benzene rings is 1. The first-order chi connectivity index (χ1) is 9.95. The maximum Gasteiger partial charge on any atom is 0.337 e. The van der Waals surface area contributed by atoms with Crippen LogP contribution in [-0.4, -0.2) is 24.5 Å². The van der Waals surface area contributed by atoms with Gasteiger partial charge in [-0.3, -0.25) is 4.72 Å². The number of hydrogen-bond acceptors (Lipinski definition) is 5. The lowest BCUT2D eigenvalue weighted by Gasteiger charge is -2.10. The molecule has 2 N–H and O–H groups in total. The highest BCUT2D eigenvalue weighted by Gasteiger charge is 2.21. The largest absolute Gasteiger partial charge is 0.478 e. The number of carbonyl (C=O) groups is 1. The molecule has 0 atom stereocenters. The average Bonchev–Trinajstić information content (AvgIpc) is 2.47. The van der Waals surface area contributed by atoms with Gasteiger partial charge in [-0.1, -0.05) is 12.1 Å². The lowest BCUT2D eigenvalue weighted by molar-refractivity contribution is 0.0698. The van der Waals surface area contributed by atoms with E-state index in [9.17, 15) is 13.2 Å². The van der Waals surface area contributed by atoms with E-state index >= 15 is 0 Å². The number of anilines is 1. The molecule has 1 heterocycles. The quantitative estimate of drug-likeness (QED) is 0.882. The van der Waals surface area contributed by atoms with Gasteiger partial charge >= 0.3 is 5.97 Å². The number of nitrogens with zero attached hydrogens (tertiary/aromatic N) is 2. The highest BCUT2D eigenvalue weighted by atomic mass is 32.2. The number of carboxylic acids is 1. The van der Waals surface area contributed by atoms with Crippen molar-refractivity contribution in [3.8, 4) is 6.07 Å². The van der Waals surface area contributed by atoms with Gasteiger partial charge in [0.05, 0.1) is 11.3 Å². The van der Waals surface area contributed by atoms with Crippen LogP contribution in [0.3, 0.4) is 0 Å². The van der Waals surface area contributed by atoms with Crippen molar-refractivity contribution in [1.29, 1.82) is 5.26 Å². The first-order valence-electron chi connectivity index (χ1n) is 5.66. The molecule has 21 heavy (non-hydrogen) atoms. The fourth-order valence-corrected chi connectivity index (χ4v) is 2.84. The van der Waals surface area contributed by atoms with Crippen molar-refractivity contribution in [1.82, 2.24) is 4.98 Å². The fourth-order valence-electron chi connectivity index (χ4n) is 1.65. The summed E-state index contributed by atoms with van der Waals surface area (Å²) in [5.74, 6) is -1.26. The Kier molecular flexibility index (Phi) is 3.86. The summed E-state index contributed by atoms with van der Waals surface area (Å²) in [6.07, 6.45) is 1.29. The second-order valence-electron chi connectivity index (χ2n) is 3.92. The van der Waals surface area contributed by atoms with Crippen LogP contribution in [0.1, 0.15) is 16.1 Å². The summed E-state index contributed by atoms with van der Waals surface area (Å²) in [5, 5.41) is 17.9. The standard InChI is InChI=1S/C13H9N3O4S/c14-8-11-12(6-3-7-15-11)21(19,20)16-10-5-2-1-4-9(10)13(17)18/h1-7,16H,(H,17,18). The minimum atomic E-state index is -4.11. The molecule has 0 saturated heterocycles. The summed E-state index contributed by atoms with van der Waals surface area (Å²) in [7, 11) is -4.11. The molecular weight excluding hydrogens is 294 g/mol. The molecule has 8 heteroatoms. The van der Waals surface area contributed by atoms with Crippen LogP contribution in [-0.2, 0) is 10.0 Å². The molecule has 0 unspecified atom stereocenters. The maximum absolute atomic E-state index is 12.3. The molecule has 106 valence electrons. The molecule has 0 aliphatic carbocycles. The summed E-state index contributed by atoms with van der Waals surface area (Å²) in [5.41, 5.74) is -0.543. The molecule has 0 bridgehead atoms. The van der Waals surface area contributed by atoms with Crippen molar-refractivity contribution in [2.45, 2.75) is 4.90 Å². The molecule has 0 aliphatic heterocycles. The van der Waals surface area contributed by atoms with Crippen molar-refractivity contribution >= 4 is 21.7 Å². The molecule has 0 spiro atoms. The molecular formula is C13H9N3O4S. The van der Waals surface area contributed by atoms with Gasteiger partial charge in [0, 0.05) is 6.20 Å². The zero-order chi connectivity index (χ0) is 15.5. The number of pyridine rings is 1. The Morgan fingerprint density at radius 1 is 1.24 bits per heavy atom. The SMILES string of the molecule is N#Cc1ncccc1S(=O)(=O)Nc1ccccc1C(=O)O. The van der Waals surface area contributed by atoms with Gasteiger partial charge < -0.3 is 5.11 Å². The van der Waals surface area contributed by atoms with Gasteiger partial charge in [0.25, 0.3) is 10.0 Å². The number of carboxylic acid groups (broad SMARTS) is 1. The monoisotopic (exact) mass is 303 g/mol. The Balaban J connectivity index is 2.49. The average molecular weight is 303 g/mol. The van der Waals surface area contributed by atoms with Crippen LogP contribution in [0.5, 0.6) is 0 Å². The summed E-state index contributed by atoms with van der Waals surface area (Å²) in [6, 6.07) is 9.84. The van der Waals surface area contributed by atoms with Gasteiger partial charge in [-0.15, -0.1) is 0 Å². The van der Waals surface area contributed by atoms with Gasteiger partial charge in [0.1, 0.15) is 11.0 Å². The van der Waals surface area contributed by atoms with Crippen LogP contribution < -0.4 is 4.72 Å². The molecule has 2 rings (SSSR count). The summed E-state index contributed by atoms with van der Waals surface area (Å²) in [6.45, 7) is 0. The molecule has 1 aromatic carbocycles. The van der Waals surface area contributed by atoms with E-state index in [1.165, 1.54) is 42.6 Å². The first-order valence-corrected chi connectivity index (χ1v) is 7.14. The minimum absolute atomic E-state index is 0.0854. The molecule has 7 nitrogen and oxygen atoms in total. The van der Waals surface area contributed by atoms with Gasteiger partial charge in [-0.05, 0) is 24.3 Å². The third-order valence-electron chi connectivity index (χ3n) is 2.57. The highest BCUT2D eigenvalue weighted by Crippen LogP contribution is 2.21. The number of sulfonamides is 1. The lowest BCUT2D eigenvalue weighted by Crippen LogP contribution is -2.17. The van der Waals surface area contributed by atoms with E-state index in [1.54, 1.807) is 6.07 Å². The second kappa shape index (κ2) is 5.60. The maximum atomic E-state index is 12.3. The van der Waals surface area contributed by atoms with E-state index in [0.29, 0.717) is 0 Å². The van der Waals surface area contributed by atoms with E-state index in [-0.39, 0.29) is 21.8 Å². The lowest BCUT2D eigenvalue weighted by atomic mass is 10.2. The fraction of sp³-hybridized carbons (Fsp3) is 0. The van der Waals surface area contributed by atoms with Crippen LogP contribution in [0, 0.1) is 11.3 Å². The van der Waals surface area contributed by atoms with Crippen molar-refractivity contribution in [2.75, 3.05) is 4.72 Å². The predicted molar refractivity (Wildman–Crippen MR) is 73.2 cm³/mol. The van der Waals surface area contributed by atoms with E-state index in [4.69, 9.17) is 10.4 Å². The number of rotatable bonds is 4. The normalized spacial score (nSPS) is 10.6. The number of aromatic nitrogens is 1. The minimum Gasteiger partial charge on any atom is -0.478 e. The van der Waals surface area contributed by atoms with Crippen molar-refractivity contribution in [3.05, 3.63) is 53.9 Å². The summed E-state index contributed by atoms with van der Waals surface area (Å²) >= 11 is 0. The van der Waals surface area contributed by atoms with Gasteiger partial charge in [-0.2, -0.15) is 5.26 Å². The number of para-hydroxylation sites is 1. The van der Waals surface area contributed by atoms with E-state index < -0.39 is 16.0 Å². The zero-order valence-electron chi connectivity index (χ0n) is 10.5. The molecule has 1 aromatic heterocycles. The number of hydrogen-bond donors (Lipinski definition) is 2. The summed E-state index contributed by atoms with van der Waals surface area (Å²) in [4.78, 5) is 14.4. The molecule has 0 saturated carbocycles. The topological polar surface area (TPSA) is 120 Å². The van der Waals surface area contributed by atoms with Crippen molar-refractivity contribution in [3.63, 3.8) is 0 Å². The van der Waals surface area contributed by atoms with Gasteiger partial charge in [0.15, 0.2) is 5.69 Å². The number of nitriles is 1. The smallest absolute Gasteiger partial charge is 0.337 e. The van der Waals surface area contributed by atoms with Gasteiger partial charge in [-0.25, -0.2) is 18.2 Å². The van der Waals surface area contributed by atoms with Crippen LogP contribution in [0.2, 0.25) is 0 Å². The van der Waals surface area contributed by atoms with Crippen molar-refractivity contribution < 1.29 is 18.3 Å². The van der Waals surface area contributed by atoms with Crippen LogP contribution in [0.25, 0.3) is 0 Å². The van der Waals surface area contributed by atoms with E-state index in [1.807, 2.05) is 0 Å². The molecule has 0 amide bonds. The Hall–Kier alpha value is -2.92. The predicted octanol–water partition coefficient (Wildman–Crippen LogP) is 1.45. The number of nitrogens with one attached hydrogen (secondary N) is 1. The molecule has 0 aliphatic rings. The third kappa shape index (κ3) is 2.98. The van der Waals surface area contributed by atoms with E-state index in [2.05, 4.69) is 9.71 Å². The second-order valence-corrected chi connectivity index (χ2v) is 5.57. The van der Waals surface area contributed by atoms with E-state index in [0.717, 1.165) is 0 Å². The molecule has 2 aromatic rings.